The fourth-order valence-electron chi connectivity index (χ4n) is 0.398. The second kappa shape index (κ2) is 2.22. The lowest BCUT2D eigenvalue weighted by molar-refractivity contribution is -0.214. The molecule has 1 heterocycles. The van der Waals surface area contributed by atoms with Crippen molar-refractivity contribution in [1.29, 1.82) is 0 Å². The van der Waals surface area contributed by atoms with Gasteiger partial charge in [-0.25, -0.2) is 4.98 Å². The third kappa shape index (κ3) is 1.28. The van der Waals surface area contributed by atoms with Gasteiger partial charge in [0.25, 0.3) is 0 Å². The number of hydrogen-bond acceptors (Lipinski definition) is 2. The quantitative estimate of drug-likeness (QED) is 0.658. The molecule has 0 amide bonds. The van der Waals surface area contributed by atoms with E-state index in [4.69, 9.17) is 0 Å². The van der Waals surface area contributed by atoms with Crippen LogP contribution >= 0.6 is 15.9 Å². The highest BCUT2D eigenvalue weighted by molar-refractivity contribution is 9.10. The molecule has 0 aliphatic carbocycles. The molecule has 0 aromatic carbocycles. The molecule has 0 radical (unpaired) electrons. The number of rotatable bonds is 0. The average molecular weight is 216 g/mol. The average Bonchev–Trinajstić information content (AvgIpc) is 2.11. The molecule has 0 bridgehead atoms. The van der Waals surface area contributed by atoms with E-state index < -0.39 is 6.30 Å². The molecule has 0 aliphatic heterocycles. The zero-order valence-corrected chi connectivity index (χ0v) is 6.02. The lowest BCUT2D eigenvalue weighted by Gasteiger charge is -2.04. The maximum atomic E-state index is 11.7. The van der Waals surface area contributed by atoms with Gasteiger partial charge in [0, 0.05) is 0 Å². The molecule has 1 rings (SSSR count). The molecule has 0 atom stereocenters. The molecule has 0 unspecified atom stereocenters. The maximum absolute atomic E-state index is 11.7. The number of halogens is 4. The van der Waals surface area contributed by atoms with Gasteiger partial charge in [-0.15, -0.1) is 17.9 Å². The van der Waals surface area contributed by atoms with E-state index >= 15 is 0 Å². The molecule has 56 valence electrons. The molecule has 1 aromatic heterocycles. The van der Waals surface area contributed by atoms with E-state index in [1.165, 1.54) is 0 Å². The van der Waals surface area contributed by atoms with Crippen LogP contribution < -0.4 is 0 Å². The van der Waals surface area contributed by atoms with Crippen LogP contribution in [-0.2, 0) is 6.30 Å². The molecule has 0 N–H and O–H groups in total. The van der Waals surface area contributed by atoms with Gasteiger partial charge in [0.2, 0.25) is 4.73 Å². The van der Waals surface area contributed by atoms with E-state index in [2.05, 4.69) is 26.0 Å². The van der Waals surface area contributed by atoms with Gasteiger partial charge in [0.1, 0.15) is 6.33 Å². The van der Waals surface area contributed by atoms with Crippen LogP contribution in [0.1, 0.15) is 0 Å². The van der Waals surface area contributed by atoms with E-state index in [0.29, 0.717) is 0 Å². The minimum Gasteiger partial charge on any atom is -0.209 e. The number of aromatic nitrogens is 3. The van der Waals surface area contributed by atoms with Crippen molar-refractivity contribution in [3.05, 3.63) is 11.1 Å². The van der Waals surface area contributed by atoms with Gasteiger partial charge in [0.15, 0.2) is 0 Å². The van der Waals surface area contributed by atoms with E-state index in [1.54, 1.807) is 0 Å². The topological polar surface area (TPSA) is 30.7 Å². The second-order valence-corrected chi connectivity index (χ2v) is 2.12. The minimum atomic E-state index is -4.49. The SMILES string of the molecule is FC(F)(F)n1ncnc1Br. The molecule has 10 heavy (non-hydrogen) atoms. The molecule has 1 aromatic rings. The van der Waals surface area contributed by atoms with Gasteiger partial charge in [-0.3, -0.25) is 0 Å². The highest BCUT2D eigenvalue weighted by Crippen LogP contribution is 2.23. The fourth-order valence-corrected chi connectivity index (χ4v) is 0.782. The van der Waals surface area contributed by atoms with Crippen molar-refractivity contribution in [3.8, 4) is 0 Å². The first-order chi connectivity index (χ1) is 4.52. The minimum absolute atomic E-state index is 0.174. The summed E-state index contributed by atoms with van der Waals surface area (Å²) >= 11 is 2.57. The number of nitrogens with zero attached hydrogens (tertiary/aromatic N) is 3. The predicted molar refractivity (Wildman–Crippen MR) is 29.0 cm³/mol. The summed E-state index contributed by atoms with van der Waals surface area (Å²) in [7, 11) is 0. The van der Waals surface area contributed by atoms with Crippen molar-refractivity contribution < 1.29 is 13.2 Å². The van der Waals surface area contributed by atoms with E-state index in [1.807, 2.05) is 0 Å². The molecule has 0 spiro atoms. The highest BCUT2D eigenvalue weighted by Gasteiger charge is 2.33. The lowest BCUT2D eigenvalue weighted by atomic mass is 11.1. The summed E-state index contributed by atoms with van der Waals surface area (Å²) in [6.07, 6.45) is -3.67. The van der Waals surface area contributed by atoms with E-state index in [0.717, 1.165) is 6.33 Å². The van der Waals surface area contributed by atoms with Crippen molar-refractivity contribution in [3.63, 3.8) is 0 Å². The molecule has 3 nitrogen and oxygen atoms in total. The molecule has 0 saturated carbocycles. The van der Waals surface area contributed by atoms with E-state index in [-0.39, 0.29) is 9.42 Å². The third-order valence-corrected chi connectivity index (χ3v) is 1.29. The third-order valence-electron chi connectivity index (χ3n) is 0.746. The normalized spacial score (nSPS) is 12.0. The fraction of sp³-hybridized carbons (Fsp3) is 0.333. The van der Waals surface area contributed by atoms with Crippen molar-refractivity contribution in [1.82, 2.24) is 14.8 Å². The Kier molecular flexibility index (Phi) is 1.67. The molecule has 0 aliphatic rings. The van der Waals surface area contributed by atoms with Gasteiger partial charge < -0.3 is 0 Å². The Bertz CT molecular complexity index is 229. The Morgan fingerprint density at radius 1 is 1.50 bits per heavy atom. The Morgan fingerprint density at radius 3 is 2.30 bits per heavy atom. The van der Waals surface area contributed by atoms with Gasteiger partial charge in [-0.1, -0.05) is 0 Å². The zero-order valence-electron chi connectivity index (χ0n) is 4.43. The van der Waals surface area contributed by atoms with Crippen LogP contribution in [0.4, 0.5) is 13.2 Å². The first-order valence-corrected chi connectivity index (χ1v) is 2.94. The molecular formula is C3HBrF3N3. The van der Waals surface area contributed by atoms with Crippen molar-refractivity contribution >= 4 is 15.9 Å². The van der Waals surface area contributed by atoms with Crippen LogP contribution in [0.2, 0.25) is 0 Å². The Labute approximate surface area is 62.0 Å². The molecule has 7 heteroatoms. The lowest BCUT2D eigenvalue weighted by Crippen LogP contribution is -2.18. The van der Waals surface area contributed by atoms with Crippen molar-refractivity contribution in [2.24, 2.45) is 0 Å². The standard InChI is InChI=1S/C3HBrF3N3/c4-2-8-1-9-10(2)3(5,6)7/h1H. The summed E-state index contributed by atoms with van der Waals surface area (Å²) in [5.74, 6) is 0. The second-order valence-electron chi connectivity index (χ2n) is 1.41. The largest absolute Gasteiger partial charge is 0.506 e. The van der Waals surface area contributed by atoms with Crippen LogP contribution in [0, 0.1) is 0 Å². The van der Waals surface area contributed by atoms with E-state index in [9.17, 15) is 13.2 Å². The summed E-state index contributed by atoms with van der Waals surface area (Å²) in [5, 5.41) is 2.92. The first-order valence-electron chi connectivity index (χ1n) is 2.14. The summed E-state index contributed by atoms with van der Waals surface area (Å²) < 4.78 is 34.6. The summed E-state index contributed by atoms with van der Waals surface area (Å²) in [5.41, 5.74) is 0. The Balaban J connectivity index is 3.05. The van der Waals surface area contributed by atoms with Crippen molar-refractivity contribution in [2.45, 2.75) is 6.30 Å². The van der Waals surface area contributed by atoms with Gasteiger partial charge in [-0.05, 0) is 15.9 Å². The van der Waals surface area contributed by atoms with Crippen LogP contribution in [0.3, 0.4) is 0 Å². The molecule has 0 fully saturated rings. The van der Waals surface area contributed by atoms with Crippen LogP contribution in [0.25, 0.3) is 0 Å². The van der Waals surface area contributed by atoms with Gasteiger partial charge in [-0.2, -0.15) is 5.10 Å². The predicted octanol–water partition coefficient (Wildman–Crippen LogP) is 1.52. The van der Waals surface area contributed by atoms with Crippen LogP contribution in [-0.4, -0.2) is 14.8 Å². The van der Waals surface area contributed by atoms with Crippen molar-refractivity contribution in [2.75, 3.05) is 0 Å². The monoisotopic (exact) mass is 215 g/mol. The van der Waals surface area contributed by atoms with Crippen LogP contribution in [0.5, 0.6) is 0 Å². The number of hydrogen-bond donors (Lipinski definition) is 0. The van der Waals surface area contributed by atoms with Gasteiger partial charge >= 0.3 is 6.30 Å². The zero-order chi connectivity index (χ0) is 7.78. The molecular weight excluding hydrogens is 215 g/mol. The summed E-state index contributed by atoms with van der Waals surface area (Å²) in [4.78, 5) is 3.23. The van der Waals surface area contributed by atoms with Gasteiger partial charge in [0.05, 0.1) is 0 Å². The summed E-state index contributed by atoms with van der Waals surface area (Å²) in [6.45, 7) is 0. The summed E-state index contributed by atoms with van der Waals surface area (Å²) in [6, 6.07) is 0. The smallest absolute Gasteiger partial charge is 0.209 e. The molecule has 0 saturated heterocycles. The van der Waals surface area contributed by atoms with Crippen LogP contribution in [0.15, 0.2) is 11.1 Å². The Morgan fingerprint density at radius 2 is 2.10 bits per heavy atom. The highest BCUT2D eigenvalue weighted by atomic mass is 79.9. The number of alkyl halides is 3. The maximum Gasteiger partial charge on any atom is 0.506 e. The first kappa shape index (κ1) is 7.52. The Hall–Kier alpha value is -0.590.